The number of aryl methyl sites for hydroxylation is 3. The SMILES string of the molecule is Cc1ccc(C)c(S(=O)(=O)N2CCc3c(c(CN(C(=O)c4ccc(F)cc4)c4ccccc4)nn3C)C2)c1. The Hall–Kier alpha value is -3.82. The van der Waals surface area contributed by atoms with Crippen LogP contribution >= 0.6 is 0 Å². The molecule has 1 aromatic heterocycles. The number of rotatable bonds is 6. The van der Waals surface area contributed by atoms with Crippen molar-refractivity contribution in [1.29, 1.82) is 0 Å². The number of para-hydroxylation sites is 1. The van der Waals surface area contributed by atoms with Gasteiger partial charge in [-0.25, -0.2) is 12.8 Å². The Morgan fingerprint density at radius 1 is 1.03 bits per heavy atom. The van der Waals surface area contributed by atoms with Crippen molar-refractivity contribution in [3.63, 3.8) is 0 Å². The van der Waals surface area contributed by atoms with Gasteiger partial charge < -0.3 is 4.90 Å². The molecule has 0 N–H and O–H groups in total. The summed E-state index contributed by atoms with van der Waals surface area (Å²) in [6.07, 6.45) is 0.514. The third-order valence-electron chi connectivity index (χ3n) is 6.96. The van der Waals surface area contributed by atoms with Crippen LogP contribution in [0.25, 0.3) is 0 Å². The lowest BCUT2D eigenvalue weighted by molar-refractivity contribution is 0.0984. The number of sulfonamides is 1. The molecule has 0 atom stereocenters. The van der Waals surface area contributed by atoms with Gasteiger partial charge in [-0.1, -0.05) is 30.3 Å². The maximum atomic E-state index is 13.7. The van der Waals surface area contributed by atoms with E-state index >= 15 is 0 Å². The Morgan fingerprint density at radius 3 is 2.45 bits per heavy atom. The molecule has 7 nitrogen and oxygen atoms in total. The fourth-order valence-electron chi connectivity index (χ4n) is 4.89. The predicted molar refractivity (Wildman–Crippen MR) is 144 cm³/mol. The Balaban J connectivity index is 1.50. The van der Waals surface area contributed by atoms with Gasteiger partial charge in [-0.15, -0.1) is 0 Å². The maximum absolute atomic E-state index is 13.7. The molecule has 0 radical (unpaired) electrons. The third kappa shape index (κ3) is 4.87. The quantitative estimate of drug-likeness (QED) is 0.359. The summed E-state index contributed by atoms with van der Waals surface area (Å²) in [4.78, 5) is 15.5. The number of nitrogens with zero attached hydrogens (tertiary/aromatic N) is 4. The number of hydrogen-bond donors (Lipinski definition) is 0. The summed E-state index contributed by atoms with van der Waals surface area (Å²) in [5.74, 6) is -0.719. The van der Waals surface area contributed by atoms with Crippen LogP contribution in [0.3, 0.4) is 0 Å². The first-order chi connectivity index (χ1) is 18.1. The highest BCUT2D eigenvalue weighted by atomic mass is 32.2. The second-order valence-corrected chi connectivity index (χ2v) is 11.5. The first kappa shape index (κ1) is 25.8. The summed E-state index contributed by atoms with van der Waals surface area (Å²) < 4.78 is 44.1. The monoisotopic (exact) mass is 532 g/mol. The van der Waals surface area contributed by atoms with E-state index in [2.05, 4.69) is 0 Å². The normalized spacial score (nSPS) is 13.8. The fourth-order valence-corrected chi connectivity index (χ4v) is 6.61. The van der Waals surface area contributed by atoms with Crippen molar-refractivity contribution in [3.05, 3.63) is 112 Å². The zero-order chi connectivity index (χ0) is 27.0. The minimum Gasteiger partial charge on any atom is -0.302 e. The van der Waals surface area contributed by atoms with E-state index in [0.717, 1.165) is 16.8 Å². The van der Waals surface area contributed by atoms with Gasteiger partial charge in [0.25, 0.3) is 5.91 Å². The average Bonchev–Trinajstić information content (AvgIpc) is 3.23. The van der Waals surface area contributed by atoms with Crippen LogP contribution in [-0.2, 0) is 36.6 Å². The molecule has 0 spiro atoms. The molecule has 3 aromatic carbocycles. The van der Waals surface area contributed by atoms with Gasteiger partial charge in [0.1, 0.15) is 5.82 Å². The average molecular weight is 533 g/mol. The molecule has 0 unspecified atom stereocenters. The molecule has 2 heterocycles. The Bertz CT molecular complexity index is 1600. The Labute approximate surface area is 222 Å². The first-order valence-corrected chi connectivity index (χ1v) is 13.8. The van der Waals surface area contributed by atoms with Crippen molar-refractivity contribution in [2.75, 3.05) is 11.4 Å². The third-order valence-corrected chi connectivity index (χ3v) is 8.95. The van der Waals surface area contributed by atoms with E-state index in [1.807, 2.05) is 56.4 Å². The minimum absolute atomic E-state index is 0.140. The molecule has 1 amide bonds. The van der Waals surface area contributed by atoms with E-state index < -0.39 is 15.8 Å². The van der Waals surface area contributed by atoms with Crippen LogP contribution in [0.15, 0.2) is 77.7 Å². The van der Waals surface area contributed by atoms with E-state index in [4.69, 9.17) is 5.10 Å². The van der Waals surface area contributed by atoms with Crippen LogP contribution in [0.2, 0.25) is 0 Å². The van der Waals surface area contributed by atoms with E-state index in [0.29, 0.717) is 40.4 Å². The van der Waals surface area contributed by atoms with E-state index in [1.165, 1.54) is 28.6 Å². The first-order valence-electron chi connectivity index (χ1n) is 12.4. The molecule has 1 aliphatic rings. The van der Waals surface area contributed by atoms with Crippen LogP contribution in [0.4, 0.5) is 10.1 Å². The van der Waals surface area contributed by atoms with Crippen LogP contribution in [0.5, 0.6) is 0 Å². The molecule has 4 aromatic rings. The standard InChI is InChI=1S/C29H29FN4O3S/c1-20-9-10-21(2)28(17-20)38(36,37)33-16-15-27-25(18-33)26(31-32(27)3)19-34(24-7-5-4-6-8-24)29(35)22-11-13-23(30)14-12-22/h4-14,17H,15-16,18-19H2,1-3H3. The summed E-state index contributed by atoms with van der Waals surface area (Å²) in [5, 5.41) is 4.71. The highest BCUT2D eigenvalue weighted by molar-refractivity contribution is 7.89. The molecule has 5 rings (SSSR count). The minimum atomic E-state index is -3.73. The maximum Gasteiger partial charge on any atom is 0.258 e. The lowest BCUT2D eigenvalue weighted by atomic mass is 10.1. The number of aromatic nitrogens is 2. The number of anilines is 1. The van der Waals surface area contributed by atoms with Gasteiger partial charge in [0.15, 0.2) is 0 Å². The van der Waals surface area contributed by atoms with Gasteiger partial charge >= 0.3 is 0 Å². The zero-order valence-electron chi connectivity index (χ0n) is 21.6. The molecular formula is C29H29FN4O3S. The lowest BCUT2D eigenvalue weighted by Crippen LogP contribution is -2.37. The van der Waals surface area contributed by atoms with E-state index in [-0.39, 0.29) is 19.0 Å². The molecule has 0 saturated heterocycles. The highest BCUT2D eigenvalue weighted by Crippen LogP contribution is 2.30. The predicted octanol–water partition coefficient (Wildman–Crippen LogP) is 4.77. The molecule has 1 aliphatic heterocycles. The number of halogens is 1. The number of fused-ring (bicyclic) bond motifs is 1. The summed E-state index contributed by atoms with van der Waals surface area (Å²) >= 11 is 0. The lowest BCUT2D eigenvalue weighted by Gasteiger charge is -2.28. The van der Waals surface area contributed by atoms with Crippen molar-refractivity contribution in [2.24, 2.45) is 7.05 Å². The Kier molecular flexibility index (Phi) is 6.90. The van der Waals surface area contributed by atoms with E-state index in [9.17, 15) is 17.6 Å². The number of carbonyl (C=O) groups excluding carboxylic acids is 1. The van der Waals surface area contributed by atoms with Gasteiger partial charge in [0, 0.05) is 49.1 Å². The van der Waals surface area contributed by atoms with E-state index in [1.54, 1.807) is 22.6 Å². The summed E-state index contributed by atoms with van der Waals surface area (Å²) in [6.45, 7) is 4.33. The molecule has 38 heavy (non-hydrogen) atoms. The molecule has 0 bridgehead atoms. The van der Waals surface area contributed by atoms with Crippen molar-refractivity contribution < 1.29 is 17.6 Å². The fraction of sp³-hybridized carbons (Fsp3) is 0.241. The zero-order valence-corrected chi connectivity index (χ0v) is 22.4. The van der Waals surface area contributed by atoms with Gasteiger partial charge in [-0.05, 0) is 67.4 Å². The van der Waals surface area contributed by atoms with Crippen LogP contribution in [0.1, 0.15) is 38.4 Å². The van der Waals surface area contributed by atoms with Gasteiger partial charge in [0.05, 0.1) is 17.1 Å². The Morgan fingerprint density at radius 2 is 1.74 bits per heavy atom. The molecule has 0 aliphatic carbocycles. The number of amides is 1. The van der Waals surface area contributed by atoms with Crippen molar-refractivity contribution in [1.82, 2.24) is 14.1 Å². The molecular weight excluding hydrogens is 503 g/mol. The number of benzene rings is 3. The number of hydrogen-bond acceptors (Lipinski definition) is 4. The largest absolute Gasteiger partial charge is 0.302 e. The van der Waals surface area contributed by atoms with Crippen molar-refractivity contribution in [3.8, 4) is 0 Å². The smallest absolute Gasteiger partial charge is 0.258 e. The molecule has 0 saturated carbocycles. The number of carbonyl (C=O) groups is 1. The molecule has 0 fully saturated rings. The van der Waals surface area contributed by atoms with Gasteiger partial charge in [-0.3, -0.25) is 9.48 Å². The van der Waals surface area contributed by atoms with Crippen LogP contribution < -0.4 is 4.90 Å². The highest BCUT2D eigenvalue weighted by Gasteiger charge is 2.33. The van der Waals surface area contributed by atoms with Gasteiger partial charge in [0.2, 0.25) is 10.0 Å². The summed E-state index contributed by atoms with van der Waals surface area (Å²) in [6, 6.07) is 20.1. The summed E-state index contributed by atoms with van der Waals surface area (Å²) in [7, 11) is -1.89. The second-order valence-electron chi connectivity index (χ2n) is 9.59. The molecule has 9 heteroatoms. The van der Waals surface area contributed by atoms with Gasteiger partial charge in [-0.2, -0.15) is 9.40 Å². The molecule has 196 valence electrons. The van der Waals surface area contributed by atoms with Crippen LogP contribution in [-0.4, -0.2) is 35.0 Å². The summed E-state index contributed by atoms with van der Waals surface area (Å²) in [5.41, 5.74) is 4.98. The second kappa shape index (κ2) is 10.2. The van der Waals surface area contributed by atoms with Crippen molar-refractivity contribution >= 4 is 21.6 Å². The van der Waals surface area contributed by atoms with Crippen molar-refractivity contribution in [2.45, 2.75) is 38.3 Å². The topological polar surface area (TPSA) is 75.5 Å². The van der Waals surface area contributed by atoms with Crippen LogP contribution in [0, 0.1) is 19.7 Å².